The van der Waals surface area contributed by atoms with Crippen LogP contribution >= 0.6 is 0 Å². The number of esters is 1. The molecule has 0 aromatic heterocycles. The van der Waals surface area contributed by atoms with Crippen LogP contribution in [0, 0.1) is 0 Å². The smallest absolute Gasteiger partial charge is 0.338 e. The molecular weight excluding hydrogens is 368 g/mol. The van der Waals surface area contributed by atoms with Gasteiger partial charge in [-0.15, -0.1) is 0 Å². The maximum Gasteiger partial charge on any atom is 0.338 e. The van der Waals surface area contributed by atoms with Crippen molar-refractivity contribution in [1.29, 1.82) is 0 Å². The Labute approximate surface area is 160 Å². The number of fused-ring (bicyclic) bond motifs is 1. The van der Waals surface area contributed by atoms with Gasteiger partial charge < -0.3 is 18.9 Å². The number of carbonyl (C=O) groups is 3. The van der Waals surface area contributed by atoms with E-state index < -0.39 is 30.5 Å². The van der Waals surface area contributed by atoms with E-state index in [0.717, 1.165) is 0 Å². The minimum Gasteiger partial charge on any atom is -0.497 e. The SMILES string of the molecule is COc1cccc(C(=O)OCC(=O)NNC(=O)C2COc3ccccc3O2)c1. The number of amides is 2. The molecule has 28 heavy (non-hydrogen) atoms. The van der Waals surface area contributed by atoms with E-state index in [1.807, 2.05) is 0 Å². The Morgan fingerprint density at radius 3 is 2.64 bits per heavy atom. The second-order valence-corrected chi connectivity index (χ2v) is 5.71. The van der Waals surface area contributed by atoms with Crippen molar-refractivity contribution in [3.05, 3.63) is 54.1 Å². The first-order chi connectivity index (χ1) is 13.6. The van der Waals surface area contributed by atoms with Gasteiger partial charge >= 0.3 is 5.97 Å². The second-order valence-electron chi connectivity index (χ2n) is 5.71. The molecule has 2 aromatic rings. The molecule has 0 saturated carbocycles. The third kappa shape index (κ3) is 4.70. The van der Waals surface area contributed by atoms with Crippen LogP contribution in [-0.4, -0.2) is 44.2 Å². The van der Waals surface area contributed by atoms with E-state index in [1.165, 1.54) is 19.2 Å². The van der Waals surface area contributed by atoms with Gasteiger partial charge in [-0.25, -0.2) is 4.79 Å². The average molecular weight is 386 g/mol. The summed E-state index contributed by atoms with van der Waals surface area (Å²) in [5.74, 6) is -0.528. The van der Waals surface area contributed by atoms with Gasteiger partial charge in [-0.3, -0.25) is 20.4 Å². The zero-order valence-corrected chi connectivity index (χ0v) is 15.0. The van der Waals surface area contributed by atoms with E-state index in [1.54, 1.807) is 36.4 Å². The number of carbonyl (C=O) groups excluding carboxylic acids is 3. The van der Waals surface area contributed by atoms with Crippen LogP contribution in [0.1, 0.15) is 10.4 Å². The lowest BCUT2D eigenvalue weighted by molar-refractivity contribution is -0.135. The highest BCUT2D eigenvalue weighted by Gasteiger charge is 2.27. The fourth-order valence-electron chi connectivity index (χ4n) is 2.36. The normalized spacial score (nSPS) is 14.5. The molecule has 0 saturated heterocycles. The van der Waals surface area contributed by atoms with Crippen molar-refractivity contribution in [2.24, 2.45) is 0 Å². The Kier molecular flexibility index (Phi) is 5.95. The number of para-hydroxylation sites is 2. The number of rotatable bonds is 5. The lowest BCUT2D eigenvalue weighted by atomic mass is 10.2. The zero-order valence-electron chi connectivity index (χ0n) is 15.0. The van der Waals surface area contributed by atoms with Crippen molar-refractivity contribution in [3.63, 3.8) is 0 Å². The monoisotopic (exact) mass is 386 g/mol. The molecule has 1 unspecified atom stereocenters. The fraction of sp³-hybridized carbons (Fsp3) is 0.211. The molecule has 0 aliphatic carbocycles. The summed E-state index contributed by atoms with van der Waals surface area (Å²) in [6, 6.07) is 13.3. The maximum atomic E-state index is 12.1. The minimum absolute atomic E-state index is 0.00352. The topological polar surface area (TPSA) is 112 Å². The summed E-state index contributed by atoms with van der Waals surface area (Å²) in [6.45, 7) is -0.565. The van der Waals surface area contributed by atoms with Crippen LogP contribution in [0.3, 0.4) is 0 Å². The highest BCUT2D eigenvalue weighted by molar-refractivity contribution is 5.92. The quantitative estimate of drug-likeness (QED) is 0.578. The van der Waals surface area contributed by atoms with Crippen LogP contribution in [0.4, 0.5) is 0 Å². The molecule has 2 N–H and O–H groups in total. The van der Waals surface area contributed by atoms with Gasteiger partial charge in [0.1, 0.15) is 12.4 Å². The molecule has 1 heterocycles. The van der Waals surface area contributed by atoms with Crippen molar-refractivity contribution in [2.75, 3.05) is 20.3 Å². The van der Waals surface area contributed by atoms with Crippen molar-refractivity contribution >= 4 is 17.8 Å². The predicted molar refractivity (Wildman–Crippen MR) is 95.9 cm³/mol. The summed E-state index contributed by atoms with van der Waals surface area (Å²) >= 11 is 0. The molecule has 9 nitrogen and oxygen atoms in total. The molecule has 146 valence electrons. The first kappa shape index (κ1) is 19.0. The Morgan fingerprint density at radius 2 is 1.86 bits per heavy atom. The summed E-state index contributed by atoms with van der Waals surface area (Å²) in [7, 11) is 1.47. The largest absolute Gasteiger partial charge is 0.497 e. The second kappa shape index (κ2) is 8.76. The van der Waals surface area contributed by atoms with Gasteiger partial charge in [-0.1, -0.05) is 18.2 Å². The highest BCUT2D eigenvalue weighted by atomic mass is 16.6. The first-order valence-corrected chi connectivity index (χ1v) is 8.35. The van der Waals surface area contributed by atoms with Crippen molar-refractivity contribution in [1.82, 2.24) is 10.9 Å². The minimum atomic E-state index is -0.922. The summed E-state index contributed by atoms with van der Waals surface area (Å²) in [6.07, 6.45) is -0.922. The third-order valence-corrected chi connectivity index (χ3v) is 3.77. The Hall–Kier alpha value is -3.75. The number of hydrazine groups is 1. The Bertz CT molecular complexity index is 884. The van der Waals surface area contributed by atoms with Crippen LogP contribution in [0.2, 0.25) is 0 Å². The summed E-state index contributed by atoms with van der Waals surface area (Å²) in [4.78, 5) is 35.8. The number of methoxy groups -OCH3 is 1. The number of hydrogen-bond acceptors (Lipinski definition) is 7. The van der Waals surface area contributed by atoms with Gasteiger partial charge in [0.15, 0.2) is 18.1 Å². The Morgan fingerprint density at radius 1 is 1.07 bits per heavy atom. The molecule has 1 aliphatic heterocycles. The van der Waals surface area contributed by atoms with E-state index in [0.29, 0.717) is 17.2 Å². The molecule has 0 radical (unpaired) electrons. The van der Waals surface area contributed by atoms with Crippen LogP contribution in [-0.2, 0) is 14.3 Å². The van der Waals surface area contributed by atoms with Crippen LogP contribution in [0.5, 0.6) is 17.2 Å². The lowest BCUT2D eigenvalue weighted by Crippen LogP contribution is -2.51. The van der Waals surface area contributed by atoms with Gasteiger partial charge in [0.05, 0.1) is 12.7 Å². The van der Waals surface area contributed by atoms with Gasteiger partial charge in [0, 0.05) is 0 Å². The first-order valence-electron chi connectivity index (χ1n) is 8.35. The lowest BCUT2D eigenvalue weighted by Gasteiger charge is -2.25. The Balaban J connectivity index is 1.43. The van der Waals surface area contributed by atoms with E-state index in [4.69, 9.17) is 18.9 Å². The molecule has 2 aromatic carbocycles. The molecule has 0 spiro atoms. The number of ether oxygens (including phenoxy) is 4. The van der Waals surface area contributed by atoms with Gasteiger partial charge in [-0.2, -0.15) is 0 Å². The van der Waals surface area contributed by atoms with E-state index in [-0.39, 0.29) is 12.2 Å². The number of benzene rings is 2. The summed E-state index contributed by atoms with van der Waals surface area (Å²) in [5, 5.41) is 0. The number of nitrogens with one attached hydrogen (secondary N) is 2. The molecule has 0 fully saturated rings. The van der Waals surface area contributed by atoms with Crippen LogP contribution in [0.15, 0.2) is 48.5 Å². The summed E-state index contributed by atoms with van der Waals surface area (Å²) < 4.78 is 20.9. The molecule has 1 aliphatic rings. The number of hydrogen-bond donors (Lipinski definition) is 2. The standard InChI is InChI=1S/C19H18N2O7/c1-25-13-6-4-5-12(9-13)19(24)27-11-17(22)20-21-18(23)16-10-26-14-7-2-3-8-15(14)28-16/h2-9,16H,10-11H2,1H3,(H,20,22)(H,21,23). The van der Waals surface area contributed by atoms with Gasteiger partial charge in [0.2, 0.25) is 6.10 Å². The molecule has 0 bridgehead atoms. The molecule has 1 atom stereocenters. The van der Waals surface area contributed by atoms with Crippen molar-refractivity contribution < 1.29 is 33.3 Å². The molecule has 3 rings (SSSR count). The third-order valence-electron chi connectivity index (χ3n) is 3.77. The highest BCUT2D eigenvalue weighted by Crippen LogP contribution is 2.30. The maximum absolute atomic E-state index is 12.1. The van der Waals surface area contributed by atoms with Crippen LogP contribution < -0.4 is 25.1 Å². The fourth-order valence-corrected chi connectivity index (χ4v) is 2.36. The van der Waals surface area contributed by atoms with E-state index >= 15 is 0 Å². The summed E-state index contributed by atoms with van der Waals surface area (Å²) in [5.41, 5.74) is 4.61. The van der Waals surface area contributed by atoms with E-state index in [9.17, 15) is 14.4 Å². The molecule has 2 amide bonds. The van der Waals surface area contributed by atoms with Gasteiger partial charge in [0.25, 0.3) is 11.8 Å². The average Bonchev–Trinajstić information content (AvgIpc) is 2.75. The van der Waals surface area contributed by atoms with Crippen molar-refractivity contribution in [2.45, 2.75) is 6.10 Å². The predicted octanol–water partition coefficient (Wildman–Crippen LogP) is 0.839. The van der Waals surface area contributed by atoms with Crippen LogP contribution in [0.25, 0.3) is 0 Å². The molecule has 9 heteroatoms. The zero-order chi connectivity index (χ0) is 19.9. The van der Waals surface area contributed by atoms with Crippen molar-refractivity contribution in [3.8, 4) is 17.2 Å². The van der Waals surface area contributed by atoms with E-state index in [2.05, 4.69) is 10.9 Å². The molecular formula is C19H18N2O7. The van der Waals surface area contributed by atoms with Gasteiger partial charge in [-0.05, 0) is 30.3 Å².